The summed E-state index contributed by atoms with van der Waals surface area (Å²) in [4.78, 5) is 0.0988. The molecule has 1 heterocycles. The van der Waals surface area contributed by atoms with E-state index in [9.17, 15) is 8.42 Å². The number of ether oxygens (including phenoxy) is 2. The van der Waals surface area contributed by atoms with Crippen molar-refractivity contribution in [2.24, 2.45) is 0 Å². The van der Waals surface area contributed by atoms with Crippen molar-refractivity contribution in [3.05, 3.63) is 23.2 Å². The Balaban J connectivity index is 0.00000288. The molecule has 6 nitrogen and oxygen atoms in total. The van der Waals surface area contributed by atoms with Crippen molar-refractivity contribution >= 4 is 34.0 Å². The normalized spacial score (nSPS) is 20.2. The van der Waals surface area contributed by atoms with E-state index in [1.807, 2.05) is 13.8 Å². The number of piperazine rings is 1. The summed E-state index contributed by atoms with van der Waals surface area (Å²) in [6.45, 7) is 5.73. The van der Waals surface area contributed by atoms with E-state index in [0.717, 1.165) is 0 Å². The highest BCUT2D eigenvalue weighted by molar-refractivity contribution is 7.89. The molecule has 0 spiro atoms. The van der Waals surface area contributed by atoms with E-state index in [0.29, 0.717) is 37.0 Å². The molecule has 2 rings (SSSR count). The maximum atomic E-state index is 13.0. The van der Waals surface area contributed by atoms with Crippen molar-refractivity contribution in [3.8, 4) is 5.75 Å². The average Bonchev–Trinajstić information content (AvgIpc) is 2.49. The van der Waals surface area contributed by atoms with Crippen LogP contribution in [0.4, 0.5) is 0 Å². The van der Waals surface area contributed by atoms with Crippen LogP contribution in [0.3, 0.4) is 0 Å². The largest absolute Gasteiger partial charge is 0.487 e. The van der Waals surface area contributed by atoms with Crippen molar-refractivity contribution in [3.63, 3.8) is 0 Å². The third-order valence-corrected chi connectivity index (χ3v) is 5.93. The van der Waals surface area contributed by atoms with E-state index in [2.05, 4.69) is 5.32 Å². The highest BCUT2D eigenvalue weighted by Crippen LogP contribution is 2.31. The highest BCUT2D eigenvalue weighted by atomic mass is 35.5. The van der Waals surface area contributed by atoms with Crippen LogP contribution in [-0.2, 0) is 14.8 Å². The third-order valence-electron chi connectivity index (χ3n) is 3.66. The molecule has 138 valence electrons. The second-order valence-electron chi connectivity index (χ2n) is 5.64. The number of methoxy groups -OCH3 is 1. The molecule has 0 aromatic heterocycles. The number of hydrogen-bond donors (Lipinski definition) is 1. The number of hydrogen-bond acceptors (Lipinski definition) is 5. The highest BCUT2D eigenvalue weighted by Gasteiger charge is 2.33. The monoisotopic (exact) mass is 398 g/mol. The molecule has 0 saturated carbocycles. The minimum absolute atomic E-state index is 0. The van der Waals surface area contributed by atoms with Gasteiger partial charge < -0.3 is 14.8 Å². The number of nitrogens with zero attached hydrogens (tertiary/aromatic N) is 1. The van der Waals surface area contributed by atoms with Crippen LogP contribution in [0.15, 0.2) is 23.1 Å². The van der Waals surface area contributed by atoms with E-state index in [1.54, 1.807) is 19.2 Å². The molecule has 0 bridgehead atoms. The molecule has 1 aliphatic rings. The molecule has 2 atom stereocenters. The van der Waals surface area contributed by atoms with Gasteiger partial charge in [0, 0.05) is 37.8 Å². The Labute approximate surface area is 154 Å². The van der Waals surface area contributed by atoms with Gasteiger partial charge in [0.1, 0.15) is 16.7 Å². The fourth-order valence-electron chi connectivity index (χ4n) is 2.57. The summed E-state index contributed by atoms with van der Waals surface area (Å²) < 4.78 is 38.4. The third kappa shape index (κ3) is 4.97. The smallest absolute Gasteiger partial charge is 0.247 e. The molecule has 1 aromatic rings. The fraction of sp³-hybridized carbons (Fsp3) is 0.600. The van der Waals surface area contributed by atoms with E-state index >= 15 is 0 Å². The summed E-state index contributed by atoms with van der Waals surface area (Å²) in [5.74, 6) is 0.296. The first-order chi connectivity index (χ1) is 10.9. The molecular formula is C15H24Cl2N2O4S. The molecule has 1 aliphatic heterocycles. The Morgan fingerprint density at radius 2 is 2.17 bits per heavy atom. The fourth-order valence-corrected chi connectivity index (χ4v) is 4.59. The summed E-state index contributed by atoms with van der Waals surface area (Å²) in [6.07, 6.45) is -0.268. The lowest BCUT2D eigenvalue weighted by Gasteiger charge is -2.33. The van der Waals surface area contributed by atoms with Gasteiger partial charge in [0.15, 0.2) is 0 Å². The van der Waals surface area contributed by atoms with E-state index in [1.165, 1.54) is 10.4 Å². The van der Waals surface area contributed by atoms with Crippen molar-refractivity contribution in [1.82, 2.24) is 9.62 Å². The van der Waals surface area contributed by atoms with Gasteiger partial charge in [-0.05, 0) is 32.0 Å². The molecule has 24 heavy (non-hydrogen) atoms. The Hall–Kier alpha value is -0.570. The maximum absolute atomic E-state index is 13.0. The zero-order chi connectivity index (χ0) is 17.0. The summed E-state index contributed by atoms with van der Waals surface area (Å²) in [5, 5.41) is 3.54. The van der Waals surface area contributed by atoms with Gasteiger partial charge >= 0.3 is 0 Å². The maximum Gasteiger partial charge on any atom is 0.247 e. The lowest BCUT2D eigenvalue weighted by atomic mass is 10.3. The predicted octanol–water partition coefficient (Wildman–Crippen LogP) is 2.16. The Morgan fingerprint density at radius 1 is 1.46 bits per heavy atom. The predicted molar refractivity (Wildman–Crippen MR) is 96.9 cm³/mol. The van der Waals surface area contributed by atoms with E-state index in [4.69, 9.17) is 21.1 Å². The number of nitrogens with one attached hydrogen (secondary N) is 1. The lowest BCUT2D eigenvalue weighted by Crippen LogP contribution is -2.52. The van der Waals surface area contributed by atoms with Gasteiger partial charge in [-0.1, -0.05) is 11.6 Å². The van der Waals surface area contributed by atoms with Crippen molar-refractivity contribution < 1.29 is 17.9 Å². The number of rotatable bonds is 6. The first-order valence-corrected chi connectivity index (χ1v) is 9.35. The van der Waals surface area contributed by atoms with Crippen LogP contribution in [0.1, 0.15) is 13.8 Å². The van der Waals surface area contributed by atoms with Gasteiger partial charge in [0.05, 0.1) is 6.61 Å². The summed E-state index contributed by atoms with van der Waals surface area (Å²) >= 11 is 6.02. The molecule has 9 heteroatoms. The summed E-state index contributed by atoms with van der Waals surface area (Å²) in [6, 6.07) is 4.53. The summed E-state index contributed by atoms with van der Waals surface area (Å²) in [5.41, 5.74) is 0. The number of sulfonamides is 1. The lowest BCUT2D eigenvalue weighted by molar-refractivity contribution is 0.0899. The van der Waals surface area contributed by atoms with Crippen LogP contribution in [0, 0.1) is 0 Å². The second-order valence-corrected chi connectivity index (χ2v) is 7.94. The SMILES string of the molecule is COCC(C)Oc1ccc(Cl)cc1S(=O)(=O)N1CCNCC1C.Cl. The van der Waals surface area contributed by atoms with Crippen LogP contribution in [-0.4, -0.2) is 58.2 Å². The number of halogens is 2. The van der Waals surface area contributed by atoms with Crippen LogP contribution >= 0.6 is 24.0 Å². The molecule has 1 saturated heterocycles. The van der Waals surface area contributed by atoms with Crippen LogP contribution < -0.4 is 10.1 Å². The van der Waals surface area contributed by atoms with Crippen LogP contribution in [0.2, 0.25) is 5.02 Å². The first kappa shape index (κ1) is 21.5. The quantitative estimate of drug-likeness (QED) is 0.794. The molecule has 0 radical (unpaired) electrons. The second kappa shape index (κ2) is 9.22. The standard InChI is InChI=1S/C15H23ClN2O4S.ClH/c1-11-9-17-6-7-18(11)23(19,20)15-8-13(16)4-5-14(15)22-12(2)10-21-3;/h4-5,8,11-12,17H,6-7,9-10H2,1-3H3;1H. The van der Waals surface area contributed by atoms with Crippen LogP contribution in [0.25, 0.3) is 0 Å². The molecule has 1 N–H and O–H groups in total. The molecule has 1 fully saturated rings. The van der Waals surface area contributed by atoms with Gasteiger partial charge in [-0.25, -0.2) is 8.42 Å². The van der Waals surface area contributed by atoms with E-state index < -0.39 is 10.0 Å². The van der Waals surface area contributed by atoms with Crippen molar-refractivity contribution in [2.45, 2.75) is 30.9 Å². The molecular weight excluding hydrogens is 375 g/mol. The number of benzene rings is 1. The van der Waals surface area contributed by atoms with Gasteiger partial charge in [0.2, 0.25) is 10.0 Å². The Morgan fingerprint density at radius 3 is 2.79 bits per heavy atom. The Bertz CT molecular complexity index is 642. The molecule has 0 amide bonds. The summed E-state index contributed by atoms with van der Waals surface area (Å²) in [7, 11) is -2.11. The van der Waals surface area contributed by atoms with Gasteiger partial charge in [0.25, 0.3) is 0 Å². The van der Waals surface area contributed by atoms with Crippen molar-refractivity contribution in [2.75, 3.05) is 33.4 Å². The molecule has 0 aliphatic carbocycles. The van der Waals surface area contributed by atoms with Crippen molar-refractivity contribution in [1.29, 1.82) is 0 Å². The Kier molecular flexibility index (Phi) is 8.25. The van der Waals surface area contributed by atoms with Gasteiger partial charge in [-0.3, -0.25) is 0 Å². The van der Waals surface area contributed by atoms with Crippen LogP contribution in [0.5, 0.6) is 5.75 Å². The first-order valence-electron chi connectivity index (χ1n) is 7.54. The molecule has 2 unspecified atom stereocenters. The minimum atomic E-state index is -3.68. The minimum Gasteiger partial charge on any atom is -0.487 e. The van der Waals surface area contributed by atoms with Gasteiger partial charge in [-0.15, -0.1) is 12.4 Å². The average molecular weight is 399 g/mol. The zero-order valence-corrected chi connectivity index (χ0v) is 16.4. The molecule has 1 aromatic carbocycles. The zero-order valence-electron chi connectivity index (χ0n) is 14.0. The van der Waals surface area contributed by atoms with Gasteiger partial charge in [-0.2, -0.15) is 4.31 Å². The topological polar surface area (TPSA) is 67.9 Å². The van der Waals surface area contributed by atoms with E-state index in [-0.39, 0.29) is 29.4 Å².